The Hall–Kier alpha value is -1.98. The van der Waals surface area contributed by atoms with Crippen LogP contribution in [-0.4, -0.2) is 41.5 Å². The number of methoxy groups -OCH3 is 1. The van der Waals surface area contributed by atoms with Crippen molar-refractivity contribution in [1.82, 2.24) is 9.47 Å². The van der Waals surface area contributed by atoms with E-state index in [0.29, 0.717) is 34.4 Å². The van der Waals surface area contributed by atoms with Crippen LogP contribution >= 0.6 is 23.2 Å². The molecule has 7 heteroatoms. The number of rotatable bonds is 3. The standard InChI is InChI=1S/C18H18Cl2N2O3/c1-25-18(24)16-3-2-8-22(16)13-6-9-21(10-7-13)17(23)14-5-4-12(19)11-15(14)20/h2-5,8,11,13H,6-7,9-10H2,1H3. The topological polar surface area (TPSA) is 51.5 Å². The maximum absolute atomic E-state index is 12.7. The SMILES string of the molecule is COC(=O)c1cccn1C1CCN(C(=O)c2ccc(Cl)cc2Cl)CC1. The molecule has 1 aliphatic heterocycles. The van der Waals surface area contributed by atoms with Crippen molar-refractivity contribution in [3.8, 4) is 0 Å². The van der Waals surface area contributed by atoms with Crippen molar-refractivity contribution in [2.45, 2.75) is 18.9 Å². The van der Waals surface area contributed by atoms with Gasteiger partial charge in [-0.15, -0.1) is 0 Å². The van der Waals surface area contributed by atoms with E-state index in [2.05, 4.69) is 0 Å². The maximum Gasteiger partial charge on any atom is 0.354 e. The van der Waals surface area contributed by atoms with Gasteiger partial charge in [-0.1, -0.05) is 23.2 Å². The first-order chi connectivity index (χ1) is 12.0. The van der Waals surface area contributed by atoms with Crippen LogP contribution in [0, 0.1) is 0 Å². The summed E-state index contributed by atoms with van der Waals surface area (Å²) < 4.78 is 6.75. The summed E-state index contributed by atoms with van der Waals surface area (Å²) in [7, 11) is 1.37. The Morgan fingerprint density at radius 1 is 1.16 bits per heavy atom. The molecule has 0 saturated carbocycles. The summed E-state index contributed by atoms with van der Waals surface area (Å²) in [4.78, 5) is 26.3. The molecule has 2 aromatic rings. The fraction of sp³-hybridized carbons (Fsp3) is 0.333. The number of amides is 1. The molecule has 3 rings (SSSR count). The molecule has 5 nitrogen and oxygen atoms in total. The number of hydrogen-bond acceptors (Lipinski definition) is 3. The number of carbonyl (C=O) groups is 2. The highest BCUT2D eigenvalue weighted by Crippen LogP contribution is 2.28. The Labute approximate surface area is 156 Å². The molecule has 0 unspecified atom stereocenters. The number of nitrogens with zero attached hydrogens (tertiary/aromatic N) is 2. The van der Waals surface area contributed by atoms with Crippen molar-refractivity contribution in [3.05, 3.63) is 57.8 Å². The lowest BCUT2D eigenvalue weighted by Crippen LogP contribution is -2.39. The van der Waals surface area contributed by atoms with Gasteiger partial charge in [0.15, 0.2) is 0 Å². The molecular formula is C18H18Cl2N2O3. The molecule has 1 aliphatic rings. The van der Waals surface area contributed by atoms with Crippen molar-refractivity contribution in [3.63, 3.8) is 0 Å². The molecule has 0 atom stereocenters. The normalized spacial score (nSPS) is 15.2. The quantitative estimate of drug-likeness (QED) is 0.754. The highest BCUT2D eigenvalue weighted by atomic mass is 35.5. The first-order valence-electron chi connectivity index (χ1n) is 8.00. The summed E-state index contributed by atoms with van der Waals surface area (Å²) in [5.74, 6) is -0.447. The van der Waals surface area contributed by atoms with Crippen LogP contribution in [0.15, 0.2) is 36.5 Å². The summed E-state index contributed by atoms with van der Waals surface area (Å²) in [6, 6.07) is 8.63. The highest BCUT2D eigenvalue weighted by molar-refractivity contribution is 6.36. The summed E-state index contributed by atoms with van der Waals surface area (Å²) in [6.07, 6.45) is 3.40. The predicted octanol–water partition coefficient (Wildman–Crippen LogP) is 4.06. The minimum atomic E-state index is -0.351. The van der Waals surface area contributed by atoms with E-state index in [-0.39, 0.29) is 17.9 Å². The number of ether oxygens (including phenoxy) is 1. The molecular weight excluding hydrogens is 363 g/mol. The van der Waals surface area contributed by atoms with Gasteiger partial charge in [-0.05, 0) is 43.2 Å². The van der Waals surface area contributed by atoms with Crippen molar-refractivity contribution >= 4 is 35.1 Å². The molecule has 1 saturated heterocycles. The third kappa shape index (κ3) is 3.67. The van der Waals surface area contributed by atoms with Gasteiger partial charge in [-0.3, -0.25) is 4.79 Å². The summed E-state index contributed by atoms with van der Waals surface area (Å²) in [6.45, 7) is 1.20. The molecule has 0 aliphatic carbocycles. The summed E-state index contributed by atoms with van der Waals surface area (Å²) in [5.41, 5.74) is 0.994. The molecule has 1 amide bonds. The van der Waals surface area contributed by atoms with Crippen LogP contribution in [0.3, 0.4) is 0 Å². The molecule has 1 aromatic carbocycles. The Kier molecular flexibility index (Phi) is 5.35. The van der Waals surface area contributed by atoms with Crippen molar-refractivity contribution in [2.75, 3.05) is 20.2 Å². The van der Waals surface area contributed by atoms with Gasteiger partial charge in [0.05, 0.1) is 17.7 Å². The van der Waals surface area contributed by atoms with Gasteiger partial charge in [0.2, 0.25) is 0 Å². The van der Waals surface area contributed by atoms with Gasteiger partial charge < -0.3 is 14.2 Å². The lowest BCUT2D eigenvalue weighted by atomic mass is 10.0. The molecule has 25 heavy (non-hydrogen) atoms. The zero-order chi connectivity index (χ0) is 18.0. The van der Waals surface area contributed by atoms with E-state index >= 15 is 0 Å². The van der Waals surface area contributed by atoms with Crippen molar-refractivity contribution in [1.29, 1.82) is 0 Å². The lowest BCUT2D eigenvalue weighted by molar-refractivity contribution is 0.0573. The number of halogens is 2. The Balaban J connectivity index is 1.69. The van der Waals surface area contributed by atoms with Crippen LogP contribution in [0.4, 0.5) is 0 Å². The van der Waals surface area contributed by atoms with E-state index in [4.69, 9.17) is 27.9 Å². The lowest BCUT2D eigenvalue weighted by Gasteiger charge is -2.33. The van der Waals surface area contributed by atoms with E-state index in [9.17, 15) is 9.59 Å². The van der Waals surface area contributed by atoms with Crippen LogP contribution in [0.2, 0.25) is 10.0 Å². The smallest absolute Gasteiger partial charge is 0.354 e. The number of piperidine rings is 1. The molecule has 0 bridgehead atoms. The van der Waals surface area contributed by atoms with Gasteiger partial charge in [0.25, 0.3) is 5.91 Å². The fourth-order valence-corrected chi connectivity index (χ4v) is 3.66. The van der Waals surface area contributed by atoms with E-state index in [1.807, 2.05) is 16.8 Å². The average Bonchev–Trinajstić information content (AvgIpc) is 3.10. The van der Waals surface area contributed by atoms with Crippen molar-refractivity contribution in [2.24, 2.45) is 0 Å². The first kappa shape index (κ1) is 17.8. The second kappa shape index (κ2) is 7.50. The zero-order valence-corrected chi connectivity index (χ0v) is 15.3. The van der Waals surface area contributed by atoms with E-state index in [0.717, 1.165) is 12.8 Å². The average molecular weight is 381 g/mol. The fourth-order valence-electron chi connectivity index (χ4n) is 3.17. The maximum atomic E-state index is 12.7. The van der Waals surface area contributed by atoms with Gasteiger partial charge in [0, 0.05) is 30.4 Å². The Bertz CT molecular complexity index is 795. The third-order valence-electron chi connectivity index (χ3n) is 4.48. The Morgan fingerprint density at radius 2 is 1.88 bits per heavy atom. The second-order valence-electron chi connectivity index (χ2n) is 5.94. The van der Waals surface area contributed by atoms with E-state index < -0.39 is 0 Å². The number of hydrogen-bond donors (Lipinski definition) is 0. The minimum absolute atomic E-state index is 0.0965. The monoisotopic (exact) mass is 380 g/mol. The van der Waals surface area contributed by atoms with Gasteiger partial charge in [0.1, 0.15) is 5.69 Å². The molecule has 1 fully saturated rings. The van der Waals surface area contributed by atoms with Gasteiger partial charge in [-0.2, -0.15) is 0 Å². The molecule has 2 heterocycles. The number of aromatic nitrogens is 1. The molecule has 0 N–H and O–H groups in total. The minimum Gasteiger partial charge on any atom is -0.464 e. The second-order valence-corrected chi connectivity index (χ2v) is 6.78. The number of benzene rings is 1. The van der Waals surface area contributed by atoms with E-state index in [1.165, 1.54) is 7.11 Å². The molecule has 0 radical (unpaired) electrons. The van der Waals surface area contributed by atoms with Gasteiger partial charge in [-0.25, -0.2) is 4.79 Å². The van der Waals surface area contributed by atoms with Crippen molar-refractivity contribution < 1.29 is 14.3 Å². The molecule has 0 spiro atoms. The molecule has 1 aromatic heterocycles. The van der Waals surface area contributed by atoms with Crippen LogP contribution in [0.5, 0.6) is 0 Å². The van der Waals surface area contributed by atoms with Gasteiger partial charge >= 0.3 is 5.97 Å². The summed E-state index contributed by atoms with van der Waals surface area (Å²) >= 11 is 12.0. The first-order valence-corrected chi connectivity index (χ1v) is 8.76. The number of carbonyl (C=O) groups excluding carboxylic acids is 2. The Morgan fingerprint density at radius 3 is 2.52 bits per heavy atom. The van der Waals surface area contributed by atoms with Crippen LogP contribution in [0.1, 0.15) is 39.7 Å². The van der Waals surface area contributed by atoms with Crippen LogP contribution < -0.4 is 0 Å². The predicted molar refractivity (Wildman–Crippen MR) is 96.4 cm³/mol. The van der Waals surface area contributed by atoms with Crippen LogP contribution in [-0.2, 0) is 4.74 Å². The van der Waals surface area contributed by atoms with Crippen LogP contribution in [0.25, 0.3) is 0 Å². The third-order valence-corrected chi connectivity index (χ3v) is 5.03. The summed E-state index contributed by atoms with van der Waals surface area (Å²) in [5, 5.41) is 0.862. The zero-order valence-electron chi connectivity index (χ0n) is 13.7. The highest BCUT2D eigenvalue weighted by Gasteiger charge is 2.27. The largest absolute Gasteiger partial charge is 0.464 e. The van der Waals surface area contributed by atoms with E-state index in [1.54, 1.807) is 29.2 Å². The number of esters is 1. The number of likely N-dealkylation sites (tertiary alicyclic amines) is 1. The molecule has 132 valence electrons.